The SMILES string of the molecule is O=C(Nc1ncc(-c2ccccc2)[nH]1)c1cc(-c2ccccc2)nc2ccc(OC(F)(F)F)cc12. The monoisotopic (exact) mass is 474 g/mol. The predicted molar refractivity (Wildman–Crippen MR) is 126 cm³/mol. The van der Waals surface area contributed by atoms with E-state index >= 15 is 0 Å². The number of carbonyl (C=O) groups is 1. The molecule has 9 heteroatoms. The van der Waals surface area contributed by atoms with Crippen LogP contribution in [0.2, 0.25) is 0 Å². The van der Waals surface area contributed by atoms with Crippen molar-refractivity contribution in [2.45, 2.75) is 6.36 Å². The second-order valence-corrected chi connectivity index (χ2v) is 7.61. The Morgan fingerprint density at radius 3 is 2.26 bits per heavy atom. The number of carbonyl (C=O) groups excluding carboxylic acids is 1. The highest BCUT2D eigenvalue weighted by molar-refractivity contribution is 6.12. The minimum atomic E-state index is -4.87. The van der Waals surface area contributed by atoms with Crippen LogP contribution in [0.25, 0.3) is 33.4 Å². The predicted octanol–water partition coefficient (Wildman–Crippen LogP) is 6.44. The Balaban J connectivity index is 1.55. The van der Waals surface area contributed by atoms with Crippen LogP contribution < -0.4 is 10.1 Å². The van der Waals surface area contributed by atoms with Gasteiger partial charge in [-0.15, -0.1) is 13.2 Å². The summed E-state index contributed by atoms with van der Waals surface area (Å²) in [6.07, 6.45) is -3.28. The summed E-state index contributed by atoms with van der Waals surface area (Å²) >= 11 is 0. The zero-order valence-corrected chi connectivity index (χ0v) is 18.0. The number of rotatable bonds is 5. The molecule has 3 aromatic carbocycles. The number of anilines is 1. The zero-order chi connectivity index (χ0) is 24.4. The van der Waals surface area contributed by atoms with E-state index in [1.807, 2.05) is 60.7 Å². The molecule has 0 atom stereocenters. The number of benzene rings is 3. The van der Waals surface area contributed by atoms with Crippen molar-refractivity contribution in [3.63, 3.8) is 0 Å². The van der Waals surface area contributed by atoms with Gasteiger partial charge in [0.05, 0.1) is 28.7 Å². The number of ether oxygens (including phenoxy) is 1. The normalized spacial score (nSPS) is 11.4. The quantitative estimate of drug-likeness (QED) is 0.307. The van der Waals surface area contributed by atoms with Crippen LogP contribution in [0.4, 0.5) is 19.1 Å². The summed E-state index contributed by atoms with van der Waals surface area (Å²) in [7, 11) is 0. The number of alkyl halides is 3. The van der Waals surface area contributed by atoms with Gasteiger partial charge in [-0.3, -0.25) is 10.1 Å². The molecule has 0 spiro atoms. The Hall–Kier alpha value is -4.66. The van der Waals surface area contributed by atoms with E-state index in [4.69, 9.17) is 0 Å². The molecule has 0 aliphatic carbocycles. The molecular weight excluding hydrogens is 457 g/mol. The van der Waals surface area contributed by atoms with Gasteiger partial charge in [0.15, 0.2) is 0 Å². The van der Waals surface area contributed by atoms with Crippen molar-refractivity contribution in [1.82, 2.24) is 15.0 Å². The lowest BCUT2D eigenvalue weighted by molar-refractivity contribution is -0.274. The molecule has 0 aliphatic heterocycles. The van der Waals surface area contributed by atoms with Crippen molar-refractivity contribution in [1.29, 1.82) is 0 Å². The Morgan fingerprint density at radius 1 is 0.886 bits per heavy atom. The van der Waals surface area contributed by atoms with Crippen molar-refractivity contribution < 1.29 is 22.7 Å². The average molecular weight is 474 g/mol. The molecule has 2 heterocycles. The lowest BCUT2D eigenvalue weighted by Gasteiger charge is -2.13. The van der Waals surface area contributed by atoms with Gasteiger partial charge >= 0.3 is 6.36 Å². The van der Waals surface area contributed by atoms with Gasteiger partial charge in [0.25, 0.3) is 5.91 Å². The van der Waals surface area contributed by atoms with E-state index in [1.165, 1.54) is 12.1 Å². The first-order chi connectivity index (χ1) is 16.9. The van der Waals surface area contributed by atoms with Gasteiger partial charge in [-0.05, 0) is 29.8 Å². The van der Waals surface area contributed by atoms with E-state index in [2.05, 4.69) is 25.0 Å². The third-order valence-corrected chi connectivity index (χ3v) is 5.22. The number of pyridine rings is 1. The number of aromatic amines is 1. The Labute approximate surface area is 197 Å². The number of hydrogen-bond donors (Lipinski definition) is 2. The summed E-state index contributed by atoms with van der Waals surface area (Å²) in [6, 6.07) is 23.8. The summed E-state index contributed by atoms with van der Waals surface area (Å²) in [5, 5.41) is 2.90. The van der Waals surface area contributed by atoms with Gasteiger partial charge in [-0.2, -0.15) is 0 Å². The van der Waals surface area contributed by atoms with Gasteiger partial charge in [0.2, 0.25) is 5.95 Å². The highest BCUT2D eigenvalue weighted by Gasteiger charge is 2.31. The second kappa shape index (κ2) is 8.94. The minimum Gasteiger partial charge on any atom is -0.406 e. The van der Waals surface area contributed by atoms with Crippen LogP contribution in [-0.2, 0) is 0 Å². The summed E-state index contributed by atoms with van der Waals surface area (Å²) in [5.41, 5.74) is 3.30. The molecule has 5 aromatic rings. The number of H-pyrrole nitrogens is 1. The lowest BCUT2D eigenvalue weighted by atomic mass is 10.0. The van der Waals surface area contributed by atoms with Crippen LogP contribution in [0, 0.1) is 0 Å². The number of halogens is 3. The van der Waals surface area contributed by atoms with Gasteiger partial charge in [-0.1, -0.05) is 60.7 Å². The Kier molecular flexibility index (Phi) is 5.66. The highest BCUT2D eigenvalue weighted by atomic mass is 19.4. The van der Waals surface area contributed by atoms with Crippen LogP contribution in [0.1, 0.15) is 10.4 Å². The molecule has 2 N–H and O–H groups in total. The molecule has 0 radical (unpaired) electrons. The van der Waals surface area contributed by atoms with Gasteiger partial charge in [0.1, 0.15) is 5.75 Å². The fourth-order valence-electron chi connectivity index (χ4n) is 3.67. The molecule has 0 unspecified atom stereocenters. The van der Waals surface area contributed by atoms with Gasteiger partial charge < -0.3 is 9.72 Å². The molecular formula is C26H17F3N4O2. The standard InChI is InChI=1S/C26H17F3N4O2/c27-26(28,29)35-18-11-12-21-19(13-18)20(14-22(31-21)16-7-3-1-4-8-16)24(34)33-25-30-15-23(32-25)17-9-5-2-6-10-17/h1-15H,(H2,30,32,33,34). The first-order valence-electron chi connectivity index (χ1n) is 10.5. The molecule has 2 aromatic heterocycles. The maximum Gasteiger partial charge on any atom is 0.573 e. The fourth-order valence-corrected chi connectivity index (χ4v) is 3.67. The van der Waals surface area contributed by atoms with Crippen molar-refractivity contribution in [2.24, 2.45) is 0 Å². The van der Waals surface area contributed by atoms with Crippen molar-refractivity contribution in [2.75, 3.05) is 5.32 Å². The maximum atomic E-state index is 13.3. The minimum absolute atomic E-state index is 0.124. The number of amides is 1. The number of hydrogen-bond acceptors (Lipinski definition) is 4. The van der Waals surface area contributed by atoms with E-state index in [0.29, 0.717) is 16.9 Å². The van der Waals surface area contributed by atoms with Crippen LogP contribution >= 0.6 is 0 Å². The number of nitrogens with zero attached hydrogens (tertiary/aromatic N) is 2. The van der Waals surface area contributed by atoms with E-state index < -0.39 is 18.0 Å². The topological polar surface area (TPSA) is 79.9 Å². The summed E-state index contributed by atoms with van der Waals surface area (Å²) in [6.45, 7) is 0. The molecule has 0 aliphatic rings. The third-order valence-electron chi connectivity index (χ3n) is 5.22. The van der Waals surface area contributed by atoms with E-state index in [0.717, 1.165) is 23.3 Å². The maximum absolute atomic E-state index is 13.3. The van der Waals surface area contributed by atoms with E-state index in [1.54, 1.807) is 6.20 Å². The van der Waals surface area contributed by atoms with Gasteiger partial charge in [0, 0.05) is 10.9 Å². The summed E-state index contributed by atoms with van der Waals surface area (Å²) in [5.74, 6) is -0.812. The number of fused-ring (bicyclic) bond motifs is 1. The number of imidazole rings is 1. The van der Waals surface area contributed by atoms with Crippen LogP contribution in [0.5, 0.6) is 5.75 Å². The van der Waals surface area contributed by atoms with E-state index in [9.17, 15) is 18.0 Å². The first-order valence-corrected chi connectivity index (χ1v) is 10.5. The second-order valence-electron chi connectivity index (χ2n) is 7.61. The van der Waals surface area contributed by atoms with Crippen LogP contribution in [-0.4, -0.2) is 27.2 Å². The average Bonchev–Trinajstić information content (AvgIpc) is 3.32. The Bertz CT molecular complexity index is 1500. The molecule has 0 fully saturated rings. The molecule has 1 amide bonds. The Morgan fingerprint density at radius 2 is 1.57 bits per heavy atom. The van der Waals surface area contributed by atoms with E-state index in [-0.39, 0.29) is 16.9 Å². The molecule has 0 bridgehead atoms. The lowest BCUT2D eigenvalue weighted by Crippen LogP contribution is -2.17. The van der Waals surface area contributed by atoms with Crippen LogP contribution in [0.3, 0.4) is 0 Å². The number of nitrogens with one attached hydrogen (secondary N) is 2. The first kappa shape index (κ1) is 22.1. The fraction of sp³-hybridized carbons (Fsp3) is 0.0385. The number of aromatic nitrogens is 3. The highest BCUT2D eigenvalue weighted by Crippen LogP contribution is 2.31. The smallest absolute Gasteiger partial charge is 0.406 e. The molecule has 0 saturated carbocycles. The molecule has 5 rings (SSSR count). The molecule has 174 valence electrons. The summed E-state index contributed by atoms with van der Waals surface area (Å²) in [4.78, 5) is 25.1. The molecule has 6 nitrogen and oxygen atoms in total. The largest absolute Gasteiger partial charge is 0.573 e. The van der Waals surface area contributed by atoms with Crippen molar-refractivity contribution in [3.05, 3.63) is 96.7 Å². The summed E-state index contributed by atoms with van der Waals surface area (Å²) < 4.78 is 42.4. The van der Waals surface area contributed by atoms with Crippen molar-refractivity contribution in [3.8, 4) is 28.3 Å². The third kappa shape index (κ3) is 4.98. The zero-order valence-electron chi connectivity index (χ0n) is 18.0. The van der Waals surface area contributed by atoms with Gasteiger partial charge in [-0.25, -0.2) is 9.97 Å². The van der Waals surface area contributed by atoms with Crippen LogP contribution in [0.15, 0.2) is 91.1 Å². The molecule has 0 saturated heterocycles. The van der Waals surface area contributed by atoms with Crippen molar-refractivity contribution >= 4 is 22.8 Å². The molecule has 35 heavy (non-hydrogen) atoms.